The second kappa shape index (κ2) is 3.26. The van der Waals surface area contributed by atoms with E-state index in [9.17, 15) is 9.59 Å². The summed E-state index contributed by atoms with van der Waals surface area (Å²) >= 11 is 0. The predicted molar refractivity (Wildman–Crippen MR) is 51.0 cm³/mol. The zero-order valence-corrected chi connectivity index (χ0v) is 7.81. The topological polar surface area (TPSA) is 74.0 Å². The van der Waals surface area contributed by atoms with Gasteiger partial charge in [-0.3, -0.25) is 9.59 Å². The van der Waals surface area contributed by atoms with Gasteiger partial charge in [-0.1, -0.05) is 0 Å². The van der Waals surface area contributed by atoms with Crippen LogP contribution >= 0.6 is 0 Å². The lowest BCUT2D eigenvalue weighted by atomic mass is 10.1. The van der Waals surface area contributed by atoms with Gasteiger partial charge in [-0.05, 0) is 11.1 Å². The standard InChI is InChI=1S/C9H11N3O2/c1-10-8(13)7-6-4-11-2-5(6)3-12-9(7)14/h3,11H,2,4H2,1H3,(H,10,13)(H,12,14). The minimum Gasteiger partial charge on any atom is -0.355 e. The molecule has 2 rings (SSSR count). The summed E-state index contributed by atoms with van der Waals surface area (Å²) < 4.78 is 0. The van der Waals surface area contributed by atoms with Crippen molar-refractivity contribution in [3.05, 3.63) is 33.2 Å². The lowest BCUT2D eigenvalue weighted by Crippen LogP contribution is -2.28. The van der Waals surface area contributed by atoms with Gasteiger partial charge in [0, 0.05) is 26.3 Å². The summed E-state index contributed by atoms with van der Waals surface area (Å²) in [5, 5.41) is 5.56. The first-order chi connectivity index (χ1) is 6.74. The molecular weight excluding hydrogens is 182 g/mol. The number of hydrogen-bond donors (Lipinski definition) is 3. The molecule has 1 aliphatic heterocycles. The van der Waals surface area contributed by atoms with Gasteiger partial charge in [-0.15, -0.1) is 0 Å². The molecule has 0 saturated heterocycles. The molecule has 0 spiro atoms. The Bertz CT molecular complexity index is 436. The molecule has 0 bridgehead atoms. The first-order valence-electron chi connectivity index (χ1n) is 4.40. The van der Waals surface area contributed by atoms with Crippen LogP contribution in [0.3, 0.4) is 0 Å². The van der Waals surface area contributed by atoms with Crippen molar-refractivity contribution in [2.45, 2.75) is 13.1 Å². The van der Waals surface area contributed by atoms with Crippen molar-refractivity contribution in [3.8, 4) is 0 Å². The van der Waals surface area contributed by atoms with Crippen LogP contribution in [0.5, 0.6) is 0 Å². The number of nitrogens with one attached hydrogen (secondary N) is 3. The van der Waals surface area contributed by atoms with E-state index in [1.165, 1.54) is 7.05 Å². The molecule has 0 radical (unpaired) electrons. The van der Waals surface area contributed by atoms with Gasteiger partial charge >= 0.3 is 0 Å². The summed E-state index contributed by atoms with van der Waals surface area (Å²) in [4.78, 5) is 25.4. The molecule has 1 aromatic heterocycles. The van der Waals surface area contributed by atoms with Gasteiger partial charge in [0.05, 0.1) is 0 Å². The first-order valence-corrected chi connectivity index (χ1v) is 4.40. The SMILES string of the molecule is CNC(=O)c1c2c(c[nH]c1=O)CNC2. The van der Waals surface area contributed by atoms with E-state index >= 15 is 0 Å². The average Bonchev–Trinajstić information content (AvgIpc) is 2.64. The highest BCUT2D eigenvalue weighted by atomic mass is 16.2. The van der Waals surface area contributed by atoms with Gasteiger partial charge < -0.3 is 15.6 Å². The summed E-state index contributed by atoms with van der Waals surface area (Å²) in [7, 11) is 1.52. The van der Waals surface area contributed by atoms with Crippen molar-refractivity contribution in [1.82, 2.24) is 15.6 Å². The van der Waals surface area contributed by atoms with Gasteiger partial charge in [-0.2, -0.15) is 0 Å². The second-order valence-electron chi connectivity index (χ2n) is 3.18. The van der Waals surface area contributed by atoms with Crippen LogP contribution in [-0.2, 0) is 13.1 Å². The zero-order chi connectivity index (χ0) is 10.1. The number of carbonyl (C=O) groups excluding carboxylic acids is 1. The molecule has 0 aliphatic carbocycles. The third-order valence-electron chi connectivity index (χ3n) is 2.37. The number of amides is 1. The van der Waals surface area contributed by atoms with Crippen LogP contribution in [-0.4, -0.2) is 17.9 Å². The summed E-state index contributed by atoms with van der Waals surface area (Å²) in [5.74, 6) is -0.327. The molecule has 1 amide bonds. The van der Waals surface area contributed by atoms with E-state index in [0.717, 1.165) is 11.1 Å². The van der Waals surface area contributed by atoms with Crippen LogP contribution in [0.15, 0.2) is 11.0 Å². The molecule has 5 heteroatoms. The van der Waals surface area contributed by atoms with E-state index < -0.39 is 0 Å². The van der Waals surface area contributed by atoms with Crippen molar-refractivity contribution in [2.75, 3.05) is 7.05 Å². The summed E-state index contributed by atoms with van der Waals surface area (Å²) in [6, 6.07) is 0. The second-order valence-corrected chi connectivity index (χ2v) is 3.18. The van der Waals surface area contributed by atoms with E-state index in [1.54, 1.807) is 6.20 Å². The number of fused-ring (bicyclic) bond motifs is 1. The predicted octanol–water partition coefficient (Wildman–Crippen LogP) is -0.662. The average molecular weight is 193 g/mol. The maximum atomic E-state index is 11.4. The van der Waals surface area contributed by atoms with Gasteiger partial charge in [0.2, 0.25) is 0 Å². The smallest absolute Gasteiger partial charge is 0.261 e. The summed E-state index contributed by atoms with van der Waals surface area (Å²) in [6.07, 6.45) is 1.66. The Kier molecular flexibility index (Phi) is 2.09. The summed E-state index contributed by atoms with van der Waals surface area (Å²) in [5.41, 5.74) is 1.71. The number of carbonyl (C=O) groups is 1. The Balaban J connectivity index is 2.63. The maximum absolute atomic E-state index is 11.4. The van der Waals surface area contributed by atoms with E-state index in [4.69, 9.17) is 0 Å². The Morgan fingerprint density at radius 1 is 1.50 bits per heavy atom. The number of hydrogen-bond acceptors (Lipinski definition) is 3. The van der Waals surface area contributed by atoms with Gasteiger partial charge in [0.15, 0.2) is 0 Å². The molecule has 5 nitrogen and oxygen atoms in total. The van der Waals surface area contributed by atoms with Gasteiger partial charge in [0.25, 0.3) is 11.5 Å². The monoisotopic (exact) mass is 193 g/mol. The minimum atomic E-state index is -0.327. The lowest BCUT2D eigenvalue weighted by molar-refractivity contribution is 0.0960. The first kappa shape index (κ1) is 8.96. The van der Waals surface area contributed by atoms with Crippen molar-refractivity contribution >= 4 is 5.91 Å². The number of H-pyrrole nitrogens is 1. The van der Waals surface area contributed by atoms with E-state index in [0.29, 0.717) is 13.1 Å². The molecule has 1 aromatic rings. The molecular formula is C9H11N3O2. The van der Waals surface area contributed by atoms with E-state index in [-0.39, 0.29) is 17.0 Å². The van der Waals surface area contributed by atoms with E-state index in [2.05, 4.69) is 15.6 Å². The zero-order valence-electron chi connectivity index (χ0n) is 7.81. The van der Waals surface area contributed by atoms with Crippen LogP contribution in [0.1, 0.15) is 21.5 Å². The number of rotatable bonds is 1. The molecule has 74 valence electrons. The molecule has 0 fully saturated rings. The highest BCUT2D eigenvalue weighted by molar-refractivity contribution is 5.95. The third-order valence-corrected chi connectivity index (χ3v) is 2.37. The van der Waals surface area contributed by atoms with Crippen molar-refractivity contribution < 1.29 is 4.79 Å². The number of pyridine rings is 1. The Morgan fingerprint density at radius 3 is 3.00 bits per heavy atom. The Labute approximate surface area is 80.5 Å². The molecule has 0 aromatic carbocycles. The highest BCUT2D eigenvalue weighted by Crippen LogP contribution is 2.15. The van der Waals surface area contributed by atoms with Crippen LogP contribution in [0.25, 0.3) is 0 Å². The Morgan fingerprint density at radius 2 is 2.29 bits per heavy atom. The summed E-state index contributed by atoms with van der Waals surface area (Å²) in [6.45, 7) is 1.29. The molecule has 0 unspecified atom stereocenters. The molecule has 3 N–H and O–H groups in total. The fraction of sp³-hybridized carbons (Fsp3) is 0.333. The van der Waals surface area contributed by atoms with Gasteiger partial charge in [0.1, 0.15) is 5.56 Å². The number of aromatic nitrogens is 1. The largest absolute Gasteiger partial charge is 0.355 e. The van der Waals surface area contributed by atoms with Crippen molar-refractivity contribution in [1.29, 1.82) is 0 Å². The fourth-order valence-corrected chi connectivity index (χ4v) is 1.66. The molecule has 14 heavy (non-hydrogen) atoms. The van der Waals surface area contributed by atoms with Crippen LogP contribution in [0, 0.1) is 0 Å². The molecule has 0 atom stereocenters. The molecule has 2 heterocycles. The third kappa shape index (κ3) is 1.22. The van der Waals surface area contributed by atoms with Crippen molar-refractivity contribution in [2.24, 2.45) is 0 Å². The lowest BCUT2D eigenvalue weighted by Gasteiger charge is -2.04. The van der Waals surface area contributed by atoms with Crippen LogP contribution in [0.4, 0.5) is 0 Å². The highest BCUT2D eigenvalue weighted by Gasteiger charge is 2.21. The Hall–Kier alpha value is -1.62. The van der Waals surface area contributed by atoms with Crippen LogP contribution < -0.4 is 16.2 Å². The maximum Gasteiger partial charge on any atom is 0.261 e. The normalized spacial score (nSPS) is 13.8. The molecule has 0 saturated carbocycles. The van der Waals surface area contributed by atoms with Crippen molar-refractivity contribution in [3.63, 3.8) is 0 Å². The quantitative estimate of drug-likeness (QED) is 0.554. The van der Waals surface area contributed by atoms with E-state index in [1.807, 2.05) is 0 Å². The minimum absolute atomic E-state index is 0.231. The van der Waals surface area contributed by atoms with Gasteiger partial charge in [-0.25, -0.2) is 0 Å². The van der Waals surface area contributed by atoms with Crippen LogP contribution in [0.2, 0.25) is 0 Å². The molecule has 1 aliphatic rings. The fourth-order valence-electron chi connectivity index (χ4n) is 1.66. The number of aromatic amines is 1.